The third-order valence-corrected chi connectivity index (χ3v) is 3.69. The first-order chi connectivity index (χ1) is 12.1. The lowest BCUT2D eigenvalue weighted by atomic mass is 10.3. The topological polar surface area (TPSA) is 94.3 Å². The summed E-state index contributed by atoms with van der Waals surface area (Å²) in [6.07, 6.45) is 1.65. The molecule has 8 nitrogen and oxygen atoms in total. The van der Waals surface area contributed by atoms with Crippen LogP contribution in [-0.4, -0.2) is 29.3 Å². The van der Waals surface area contributed by atoms with Crippen LogP contribution in [0.5, 0.6) is 11.5 Å². The van der Waals surface area contributed by atoms with E-state index < -0.39 is 0 Å². The number of aromatic nitrogens is 3. The van der Waals surface area contributed by atoms with Crippen LogP contribution in [0.2, 0.25) is 0 Å². The summed E-state index contributed by atoms with van der Waals surface area (Å²) in [6.45, 7) is 3.81. The first-order valence-corrected chi connectivity index (χ1v) is 7.62. The van der Waals surface area contributed by atoms with Crippen molar-refractivity contribution in [2.45, 2.75) is 13.8 Å². The van der Waals surface area contributed by atoms with Crippen LogP contribution in [0.1, 0.15) is 11.3 Å². The van der Waals surface area contributed by atoms with Crippen molar-refractivity contribution in [3.8, 4) is 11.5 Å². The van der Waals surface area contributed by atoms with Crippen LogP contribution in [0.25, 0.3) is 0 Å². The van der Waals surface area contributed by atoms with Crippen molar-refractivity contribution in [1.29, 1.82) is 0 Å². The van der Waals surface area contributed by atoms with Gasteiger partial charge < -0.3 is 24.6 Å². The number of hydrogen-bond donors (Lipinski definition) is 2. The Morgan fingerprint density at radius 3 is 2.48 bits per heavy atom. The van der Waals surface area contributed by atoms with Crippen LogP contribution in [0.3, 0.4) is 0 Å². The molecular weight excluding hydrogens is 322 g/mol. The molecule has 3 aromatic rings. The summed E-state index contributed by atoms with van der Waals surface area (Å²) in [5.74, 6) is 2.87. The fraction of sp³-hybridized carbons (Fsp3) is 0.235. The number of nitrogens with one attached hydrogen (secondary N) is 2. The van der Waals surface area contributed by atoms with Gasteiger partial charge in [-0.3, -0.25) is 0 Å². The summed E-state index contributed by atoms with van der Waals surface area (Å²) >= 11 is 0. The zero-order valence-electron chi connectivity index (χ0n) is 14.5. The molecule has 2 heterocycles. The van der Waals surface area contributed by atoms with E-state index in [4.69, 9.17) is 14.0 Å². The third-order valence-electron chi connectivity index (χ3n) is 3.69. The molecule has 0 saturated carbocycles. The van der Waals surface area contributed by atoms with E-state index in [1.54, 1.807) is 26.5 Å². The van der Waals surface area contributed by atoms with Gasteiger partial charge in [-0.25, -0.2) is 4.98 Å². The molecule has 0 unspecified atom stereocenters. The molecule has 8 heteroatoms. The van der Waals surface area contributed by atoms with E-state index in [1.807, 2.05) is 32.0 Å². The highest BCUT2D eigenvalue weighted by atomic mass is 16.5. The Kier molecular flexibility index (Phi) is 4.69. The van der Waals surface area contributed by atoms with Crippen LogP contribution in [-0.2, 0) is 0 Å². The van der Waals surface area contributed by atoms with Gasteiger partial charge in [0.1, 0.15) is 5.82 Å². The molecule has 2 aromatic heterocycles. The number of nitrogens with zero attached hydrogens (tertiary/aromatic N) is 3. The predicted octanol–water partition coefficient (Wildman–Crippen LogP) is 3.59. The largest absolute Gasteiger partial charge is 0.493 e. The molecule has 0 bridgehead atoms. The molecule has 130 valence electrons. The fourth-order valence-corrected chi connectivity index (χ4v) is 2.18. The van der Waals surface area contributed by atoms with Crippen molar-refractivity contribution in [1.82, 2.24) is 15.1 Å². The van der Waals surface area contributed by atoms with Crippen molar-refractivity contribution >= 4 is 23.3 Å². The second-order valence-electron chi connectivity index (χ2n) is 5.31. The molecule has 0 radical (unpaired) electrons. The molecule has 0 atom stereocenters. The molecule has 3 rings (SSSR count). The lowest BCUT2D eigenvalue weighted by molar-refractivity contribution is 0.355. The van der Waals surface area contributed by atoms with E-state index in [-0.39, 0.29) is 0 Å². The number of aryl methyl sites for hydroxylation is 1. The smallest absolute Gasteiger partial charge is 0.233 e. The Bertz CT molecular complexity index is 878. The van der Waals surface area contributed by atoms with E-state index in [0.717, 1.165) is 16.9 Å². The summed E-state index contributed by atoms with van der Waals surface area (Å²) in [7, 11) is 3.18. The summed E-state index contributed by atoms with van der Waals surface area (Å²) in [4.78, 5) is 8.64. The summed E-state index contributed by atoms with van der Waals surface area (Å²) in [6, 6.07) is 7.22. The Morgan fingerprint density at radius 2 is 1.80 bits per heavy atom. The third kappa shape index (κ3) is 3.63. The van der Waals surface area contributed by atoms with E-state index >= 15 is 0 Å². The summed E-state index contributed by atoms with van der Waals surface area (Å²) < 4.78 is 15.8. The standard InChI is InChI=1S/C17H19N5O3/c1-10-11(2)22-25-16(10)20-15-7-8-18-17(21-15)19-12-5-6-13(23-3)14(9-12)24-4/h5-9H,1-4H3,(H2,18,19,20,21). The summed E-state index contributed by atoms with van der Waals surface area (Å²) in [5, 5.41) is 10.1. The van der Waals surface area contributed by atoms with E-state index in [2.05, 4.69) is 25.8 Å². The van der Waals surface area contributed by atoms with Crippen molar-refractivity contribution in [3.05, 3.63) is 41.7 Å². The number of ether oxygens (including phenoxy) is 2. The monoisotopic (exact) mass is 341 g/mol. The van der Waals surface area contributed by atoms with Gasteiger partial charge in [-0.1, -0.05) is 5.16 Å². The quantitative estimate of drug-likeness (QED) is 0.702. The SMILES string of the molecule is COc1ccc(Nc2nccc(Nc3onc(C)c3C)n2)cc1OC. The van der Waals surface area contributed by atoms with Crippen molar-refractivity contribution < 1.29 is 14.0 Å². The molecule has 0 aliphatic heterocycles. The minimum absolute atomic E-state index is 0.436. The molecule has 0 saturated heterocycles. The first kappa shape index (κ1) is 16.6. The highest BCUT2D eigenvalue weighted by Crippen LogP contribution is 2.30. The molecular formula is C17H19N5O3. The van der Waals surface area contributed by atoms with E-state index in [1.165, 1.54) is 0 Å². The van der Waals surface area contributed by atoms with Gasteiger partial charge in [-0.05, 0) is 32.0 Å². The second-order valence-corrected chi connectivity index (χ2v) is 5.31. The molecule has 0 aliphatic carbocycles. The number of rotatable bonds is 6. The zero-order valence-corrected chi connectivity index (χ0v) is 14.5. The number of hydrogen-bond acceptors (Lipinski definition) is 8. The average molecular weight is 341 g/mol. The second kappa shape index (κ2) is 7.08. The molecule has 2 N–H and O–H groups in total. The first-order valence-electron chi connectivity index (χ1n) is 7.62. The van der Waals surface area contributed by atoms with Gasteiger partial charge in [0.05, 0.1) is 19.9 Å². The van der Waals surface area contributed by atoms with Crippen LogP contribution in [0.15, 0.2) is 35.0 Å². The van der Waals surface area contributed by atoms with Crippen LogP contribution >= 0.6 is 0 Å². The fourth-order valence-electron chi connectivity index (χ4n) is 2.18. The van der Waals surface area contributed by atoms with Gasteiger partial charge in [0.2, 0.25) is 11.8 Å². The molecule has 0 aliphatic rings. The number of benzene rings is 1. The van der Waals surface area contributed by atoms with Crippen molar-refractivity contribution in [2.24, 2.45) is 0 Å². The molecule has 25 heavy (non-hydrogen) atoms. The van der Waals surface area contributed by atoms with E-state index in [0.29, 0.717) is 29.1 Å². The predicted molar refractivity (Wildman–Crippen MR) is 94.1 cm³/mol. The molecule has 0 fully saturated rings. The maximum atomic E-state index is 5.30. The normalized spacial score (nSPS) is 10.4. The van der Waals surface area contributed by atoms with Gasteiger partial charge in [0, 0.05) is 23.5 Å². The van der Waals surface area contributed by atoms with Crippen molar-refractivity contribution in [3.63, 3.8) is 0 Å². The van der Waals surface area contributed by atoms with Crippen LogP contribution < -0.4 is 20.1 Å². The van der Waals surface area contributed by atoms with Gasteiger partial charge >= 0.3 is 0 Å². The lowest BCUT2D eigenvalue weighted by Gasteiger charge is -2.11. The number of methoxy groups -OCH3 is 2. The minimum atomic E-state index is 0.436. The van der Waals surface area contributed by atoms with Gasteiger partial charge in [0.25, 0.3) is 0 Å². The molecule has 0 amide bonds. The maximum absolute atomic E-state index is 5.30. The van der Waals surface area contributed by atoms with Gasteiger partial charge in [-0.2, -0.15) is 4.98 Å². The lowest BCUT2D eigenvalue weighted by Crippen LogP contribution is -2.01. The van der Waals surface area contributed by atoms with Crippen LogP contribution in [0, 0.1) is 13.8 Å². The number of anilines is 4. The Labute approximate surface area is 145 Å². The highest BCUT2D eigenvalue weighted by molar-refractivity contribution is 5.61. The minimum Gasteiger partial charge on any atom is -0.493 e. The summed E-state index contributed by atoms with van der Waals surface area (Å²) in [5.41, 5.74) is 2.55. The van der Waals surface area contributed by atoms with Gasteiger partial charge in [-0.15, -0.1) is 0 Å². The Hall–Kier alpha value is -3.29. The zero-order chi connectivity index (χ0) is 17.8. The maximum Gasteiger partial charge on any atom is 0.233 e. The van der Waals surface area contributed by atoms with Crippen molar-refractivity contribution in [2.75, 3.05) is 24.9 Å². The van der Waals surface area contributed by atoms with E-state index in [9.17, 15) is 0 Å². The highest BCUT2D eigenvalue weighted by Gasteiger charge is 2.10. The van der Waals surface area contributed by atoms with Crippen LogP contribution in [0.4, 0.5) is 23.3 Å². The molecule has 1 aromatic carbocycles. The Balaban J connectivity index is 1.79. The molecule has 0 spiro atoms. The average Bonchev–Trinajstić information content (AvgIpc) is 2.94. The van der Waals surface area contributed by atoms with Gasteiger partial charge in [0.15, 0.2) is 11.5 Å². The Morgan fingerprint density at radius 1 is 1.00 bits per heavy atom.